The number of amides is 1. The fourth-order valence-corrected chi connectivity index (χ4v) is 2.15. The molecule has 0 aliphatic carbocycles. The van der Waals surface area contributed by atoms with Crippen molar-refractivity contribution in [2.75, 3.05) is 17.2 Å². The maximum atomic E-state index is 11.9. The predicted molar refractivity (Wildman–Crippen MR) is 73.2 cm³/mol. The Morgan fingerprint density at radius 2 is 2.22 bits per heavy atom. The number of hydrogen-bond acceptors (Lipinski definition) is 5. The summed E-state index contributed by atoms with van der Waals surface area (Å²) >= 11 is 1.24. The normalized spacial score (nSPS) is 10.1. The molecule has 1 aromatic heterocycles. The molecule has 2 rings (SSSR count). The van der Waals surface area contributed by atoms with Crippen molar-refractivity contribution >= 4 is 28.1 Å². The lowest BCUT2D eigenvalue weighted by atomic mass is 10.2. The Morgan fingerprint density at radius 3 is 2.94 bits per heavy atom. The lowest BCUT2D eigenvalue weighted by Gasteiger charge is -2.02. The second-order valence-corrected chi connectivity index (χ2v) is 4.74. The first kappa shape index (κ1) is 12.5. The summed E-state index contributed by atoms with van der Waals surface area (Å²) in [6.45, 7) is 4.70. The summed E-state index contributed by atoms with van der Waals surface area (Å²) in [6.07, 6.45) is 0. The molecule has 0 fully saturated rings. The first-order chi connectivity index (χ1) is 8.69. The van der Waals surface area contributed by atoms with Gasteiger partial charge in [-0.2, -0.15) is 0 Å². The van der Waals surface area contributed by atoms with Gasteiger partial charge in [0.1, 0.15) is 0 Å². The zero-order valence-electron chi connectivity index (χ0n) is 10.2. The standard InChI is InChI=1S/C12H14N4OS/c1-3-13-12-16-15-11(18-12)10(17)14-9-6-4-5-8(2)7-9/h4-7H,3H2,1-2H3,(H,13,16)(H,14,17). The van der Waals surface area contributed by atoms with Crippen LogP contribution in [0.5, 0.6) is 0 Å². The van der Waals surface area contributed by atoms with Gasteiger partial charge < -0.3 is 10.6 Å². The molecule has 1 amide bonds. The summed E-state index contributed by atoms with van der Waals surface area (Å²) < 4.78 is 0. The van der Waals surface area contributed by atoms with Crippen LogP contribution in [0.1, 0.15) is 22.3 Å². The topological polar surface area (TPSA) is 66.9 Å². The second kappa shape index (κ2) is 5.59. The van der Waals surface area contributed by atoms with Crippen molar-refractivity contribution in [3.05, 3.63) is 34.8 Å². The van der Waals surface area contributed by atoms with E-state index in [9.17, 15) is 4.79 Å². The van der Waals surface area contributed by atoms with E-state index < -0.39 is 0 Å². The third-order valence-corrected chi connectivity index (χ3v) is 3.10. The van der Waals surface area contributed by atoms with Gasteiger partial charge in [0.15, 0.2) is 0 Å². The van der Waals surface area contributed by atoms with Crippen LogP contribution in [0.15, 0.2) is 24.3 Å². The monoisotopic (exact) mass is 262 g/mol. The number of carbonyl (C=O) groups is 1. The molecule has 94 valence electrons. The van der Waals surface area contributed by atoms with Gasteiger partial charge >= 0.3 is 0 Å². The predicted octanol–water partition coefficient (Wildman–Crippen LogP) is 2.53. The van der Waals surface area contributed by atoms with E-state index in [4.69, 9.17) is 0 Å². The highest BCUT2D eigenvalue weighted by Crippen LogP contribution is 2.17. The first-order valence-electron chi connectivity index (χ1n) is 5.64. The van der Waals surface area contributed by atoms with E-state index in [0.29, 0.717) is 10.1 Å². The Labute approximate surface area is 109 Å². The van der Waals surface area contributed by atoms with Crippen LogP contribution in [0.2, 0.25) is 0 Å². The Balaban J connectivity index is 2.07. The maximum Gasteiger partial charge on any atom is 0.286 e. The summed E-state index contributed by atoms with van der Waals surface area (Å²) in [4.78, 5) is 11.9. The highest BCUT2D eigenvalue weighted by Gasteiger charge is 2.12. The molecular formula is C12H14N4OS. The lowest BCUT2D eigenvalue weighted by Crippen LogP contribution is -2.11. The van der Waals surface area contributed by atoms with E-state index >= 15 is 0 Å². The number of anilines is 2. The van der Waals surface area contributed by atoms with Crippen molar-refractivity contribution in [3.63, 3.8) is 0 Å². The van der Waals surface area contributed by atoms with Crippen LogP contribution in [-0.4, -0.2) is 22.6 Å². The van der Waals surface area contributed by atoms with Crippen LogP contribution in [0.3, 0.4) is 0 Å². The van der Waals surface area contributed by atoms with E-state index in [-0.39, 0.29) is 5.91 Å². The summed E-state index contributed by atoms with van der Waals surface area (Å²) in [5, 5.41) is 14.6. The average molecular weight is 262 g/mol. The van der Waals surface area contributed by atoms with Gasteiger partial charge in [0, 0.05) is 12.2 Å². The highest BCUT2D eigenvalue weighted by atomic mass is 32.1. The van der Waals surface area contributed by atoms with Crippen molar-refractivity contribution < 1.29 is 4.79 Å². The Morgan fingerprint density at radius 1 is 1.39 bits per heavy atom. The van der Waals surface area contributed by atoms with E-state index in [1.165, 1.54) is 11.3 Å². The number of hydrogen-bond donors (Lipinski definition) is 2. The molecule has 2 N–H and O–H groups in total. The molecule has 0 saturated heterocycles. The van der Waals surface area contributed by atoms with Crippen LogP contribution in [-0.2, 0) is 0 Å². The fraction of sp³-hybridized carbons (Fsp3) is 0.250. The zero-order chi connectivity index (χ0) is 13.0. The number of benzene rings is 1. The van der Waals surface area contributed by atoms with Gasteiger partial charge in [-0.15, -0.1) is 10.2 Å². The minimum absolute atomic E-state index is 0.234. The molecule has 1 aromatic carbocycles. The highest BCUT2D eigenvalue weighted by molar-refractivity contribution is 7.17. The van der Waals surface area contributed by atoms with Gasteiger partial charge in [-0.25, -0.2) is 0 Å². The molecule has 0 saturated carbocycles. The number of nitrogens with one attached hydrogen (secondary N) is 2. The molecule has 0 spiro atoms. The smallest absolute Gasteiger partial charge is 0.286 e. The summed E-state index contributed by atoms with van der Waals surface area (Å²) in [5.41, 5.74) is 1.86. The van der Waals surface area contributed by atoms with Crippen LogP contribution < -0.4 is 10.6 Å². The lowest BCUT2D eigenvalue weighted by molar-refractivity contribution is 0.102. The number of carbonyl (C=O) groups excluding carboxylic acids is 1. The van der Waals surface area contributed by atoms with Gasteiger partial charge in [-0.1, -0.05) is 23.5 Å². The van der Waals surface area contributed by atoms with Crippen molar-refractivity contribution in [3.8, 4) is 0 Å². The molecule has 0 aliphatic rings. The van der Waals surface area contributed by atoms with Gasteiger partial charge in [-0.05, 0) is 31.5 Å². The van der Waals surface area contributed by atoms with Gasteiger partial charge in [0.25, 0.3) is 5.91 Å². The van der Waals surface area contributed by atoms with Gasteiger partial charge in [0.2, 0.25) is 10.1 Å². The number of aromatic nitrogens is 2. The summed E-state index contributed by atoms with van der Waals surface area (Å²) in [6, 6.07) is 7.63. The molecule has 0 aliphatic heterocycles. The van der Waals surface area contributed by atoms with Crippen molar-refractivity contribution in [2.45, 2.75) is 13.8 Å². The third-order valence-electron chi connectivity index (χ3n) is 2.22. The molecule has 6 heteroatoms. The van der Waals surface area contributed by atoms with E-state index in [0.717, 1.165) is 17.8 Å². The number of nitrogens with zero attached hydrogens (tertiary/aromatic N) is 2. The van der Waals surface area contributed by atoms with Crippen LogP contribution >= 0.6 is 11.3 Å². The van der Waals surface area contributed by atoms with Crippen LogP contribution in [0, 0.1) is 6.92 Å². The molecule has 5 nitrogen and oxygen atoms in total. The Bertz CT molecular complexity index is 553. The van der Waals surface area contributed by atoms with Gasteiger partial charge in [-0.3, -0.25) is 4.79 Å². The van der Waals surface area contributed by atoms with Crippen molar-refractivity contribution in [1.29, 1.82) is 0 Å². The quantitative estimate of drug-likeness (QED) is 0.888. The largest absolute Gasteiger partial charge is 0.360 e. The molecule has 0 unspecified atom stereocenters. The fourth-order valence-electron chi connectivity index (χ4n) is 1.45. The minimum Gasteiger partial charge on any atom is -0.360 e. The molecule has 18 heavy (non-hydrogen) atoms. The SMILES string of the molecule is CCNc1nnc(C(=O)Nc2cccc(C)c2)s1. The number of aryl methyl sites for hydroxylation is 1. The summed E-state index contributed by atoms with van der Waals surface area (Å²) in [5.74, 6) is -0.234. The van der Waals surface area contributed by atoms with Crippen LogP contribution in [0.4, 0.5) is 10.8 Å². The molecule has 0 atom stereocenters. The second-order valence-electron chi connectivity index (χ2n) is 3.77. The Kier molecular flexibility index (Phi) is 3.88. The molecule has 0 radical (unpaired) electrons. The molecule has 1 heterocycles. The van der Waals surface area contributed by atoms with E-state index in [1.807, 2.05) is 38.1 Å². The van der Waals surface area contributed by atoms with Gasteiger partial charge in [0.05, 0.1) is 0 Å². The van der Waals surface area contributed by atoms with E-state index in [2.05, 4.69) is 20.8 Å². The van der Waals surface area contributed by atoms with Crippen molar-refractivity contribution in [1.82, 2.24) is 10.2 Å². The molecule has 0 bridgehead atoms. The average Bonchev–Trinajstić information content (AvgIpc) is 2.78. The van der Waals surface area contributed by atoms with Crippen LogP contribution in [0.25, 0.3) is 0 Å². The first-order valence-corrected chi connectivity index (χ1v) is 6.46. The summed E-state index contributed by atoms with van der Waals surface area (Å²) in [7, 11) is 0. The number of rotatable bonds is 4. The third kappa shape index (κ3) is 3.04. The maximum absolute atomic E-state index is 11.9. The Hall–Kier alpha value is -1.95. The van der Waals surface area contributed by atoms with E-state index in [1.54, 1.807) is 0 Å². The zero-order valence-corrected chi connectivity index (χ0v) is 11.0. The molecule has 2 aromatic rings. The molecular weight excluding hydrogens is 248 g/mol. The minimum atomic E-state index is -0.234. The van der Waals surface area contributed by atoms with Crippen molar-refractivity contribution in [2.24, 2.45) is 0 Å².